The highest BCUT2D eigenvalue weighted by atomic mass is 32.2. The summed E-state index contributed by atoms with van der Waals surface area (Å²) in [5, 5.41) is 3.03. The Bertz CT molecular complexity index is 572. The lowest BCUT2D eigenvalue weighted by Gasteiger charge is -2.21. The molecule has 1 aliphatic rings. The summed E-state index contributed by atoms with van der Waals surface area (Å²) < 4.78 is 32.2. The van der Waals surface area contributed by atoms with E-state index in [4.69, 9.17) is 4.74 Å². The van der Waals surface area contributed by atoms with Crippen molar-refractivity contribution in [2.45, 2.75) is 37.2 Å². The normalized spacial score (nSPS) is 20.2. The second-order valence-corrected chi connectivity index (χ2v) is 7.00. The molecule has 1 atom stereocenters. The summed E-state index contributed by atoms with van der Waals surface area (Å²) in [5.41, 5.74) is 0.850. The Morgan fingerprint density at radius 2 is 2.20 bits per heavy atom. The summed E-state index contributed by atoms with van der Waals surface area (Å²) in [6, 6.07) is 5.13. The number of nitrogens with one attached hydrogen (secondary N) is 1. The van der Waals surface area contributed by atoms with Gasteiger partial charge in [0.05, 0.1) is 12.0 Å². The molecule has 2 rings (SSSR count). The van der Waals surface area contributed by atoms with Crippen molar-refractivity contribution < 1.29 is 13.2 Å². The summed E-state index contributed by atoms with van der Waals surface area (Å²) in [7, 11) is 0.00739. The molecule has 0 spiro atoms. The quantitative estimate of drug-likeness (QED) is 0.897. The van der Waals surface area contributed by atoms with Crippen LogP contribution in [0.25, 0.3) is 0 Å². The molecule has 1 fully saturated rings. The molecular formula is C14H22N2O3S. The van der Waals surface area contributed by atoms with Crippen molar-refractivity contribution >= 4 is 10.0 Å². The van der Waals surface area contributed by atoms with Crippen molar-refractivity contribution in [1.29, 1.82) is 0 Å². The predicted molar refractivity (Wildman–Crippen MR) is 78.3 cm³/mol. The van der Waals surface area contributed by atoms with Crippen molar-refractivity contribution in [3.8, 4) is 5.75 Å². The van der Waals surface area contributed by atoms with Gasteiger partial charge in [-0.1, -0.05) is 0 Å². The van der Waals surface area contributed by atoms with Crippen LogP contribution in [0.15, 0.2) is 23.1 Å². The molecule has 112 valence electrons. The lowest BCUT2D eigenvalue weighted by molar-refractivity contribution is 0.404. The summed E-state index contributed by atoms with van der Waals surface area (Å²) in [6.07, 6.45) is 1.86. The fraction of sp³-hybridized carbons (Fsp3) is 0.571. The molecule has 1 heterocycles. The molecule has 0 radical (unpaired) electrons. The first kappa shape index (κ1) is 15.3. The predicted octanol–water partition coefficient (Wildman–Crippen LogP) is 1.59. The summed E-state index contributed by atoms with van der Waals surface area (Å²) >= 11 is 0. The highest BCUT2D eigenvalue weighted by molar-refractivity contribution is 7.89. The number of rotatable bonds is 5. The molecule has 0 saturated carbocycles. The minimum absolute atomic E-state index is 0.0786. The van der Waals surface area contributed by atoms with Crippen LogP contribution in [0.3, 0.4) is 0 Å². The van der Waals surface area contributed by atoms with Gasteiger partial charge in [0, 0.05) is 24.7 Å². The number of ether oxygens (including phenoxy) is 1. The van der Waals surface area contributed by atoms with Gasteiger partial charge in [0.15, 0.2) is 0 Å². The molecule has 0 aliphatic carbocycles. The highest BCUT2D eigenvalue weighted by Gasteiger charge is 2.32. The average Bonchev–Trinajstić information content (AvgIpc) is 2.86. The summed E-state index contributed by atoms with van der Waals surface area (Å²) in [6.45, 7) is 3.14. The summed E-state index contributed by atoms with van der Waals surface area (Å²) in [5.74, 6) is 0.702. The van der Waals surface area contributed by atoms with Gasteiger partial charge in [-0.3, -0.25) is 0 Å². The monoisotopic (exact) mass is 298 g/mol. The van der Waals surface area contributed by atoms with E-state index in [0.29, 0.717) is 23.7 Å². The van der Waals surface area contributed by atoms with Gasteiger partial charge in [-0.25, -0.2) is 8.42 Å². The number of nitrogens with zero attached hydrogens (tertiary/aromatic N) is 1. The number of methoxy groups -OCH3 is 1. The second kappa shape index (κ2) is 6.11. The van der Waals surface area contributed by atoms with Crippen molar-refractivity contribution in [2.75, 3.05) is 20.7 Å². The maximum atomic E-state index is 12.7. The summed E-state index contributed by atoms with van der Waals surface area (Å²) in [4.78, 5) is 0.345. The molecule has 5 nitrogen and oxygen atoms in total. The van der Waals surface area contributed by atoms with E-state index in [9.17, 15) is 8.42 Å². The van der Waals surface area contributed by atoms with Crippen LogP contribution in [-0.2, 0) is 16.6 Å². The standard InChI is InChI=1S/C14H22N2O3S/c1-11-5-4-8-16(11)20(17,18)13-6-7-14(19-3)12(9-13)10-15-2/h6-7,9,11,15H,4-5,8,10H2,1-3H3. The third-order valence-corrected chi connectivity index (χ3v) is 5.73. The number of hydrogen-bond acceptors (Lipinski definition) is 4. The van der Waals surface area contributed by atoms with Gasteiger partial charge in [-0.05, 0) is 45.0 Å². The van der Waals surface area contributed by atoms with E-state index in [-0.39, 0.29) is 6.04 Å². The van der Waals surface area contributed by atoms with Crippen LogP contribution in [0.1, 0.15) is 25.3 Å². The van der Waals surface area contributed by atoms with Gasteiger partial charge in [0.25, 0.3) is 0 Å². The van der Waals surface area contributed by atoms with Crippen LogP contribution in [0, 0.1) is 0 Å². The minimum atomic E-state index is -3.40. The Morgan fingerprint density at radius 1 is 1.45 bits per heavy atom. The second-order valence-electron chi connectivity index (χ2n) is 5.11. The molecule has 1 unspecified atom stereocenters. The van der Waals surface area contributed by atoms with Crippen molar-refractivity contribution in [1.82, 2.24) is 9.62 Å². The van der Waals surface area contributed by atoms with Crippen LogP contribution in [-0.4, -0.2) is 39.5 Å². The average molecular weight is 298 g/mol. The number of hydrogen-bond donors (Lipinski definition) is 1. The molecule has 0 amide bonds. The molecule has 1 aromatic rings. The van der Waals surface area contributed by atoms with E-state index in [1.165, 1.54) is 0 Å². The smallest absolute Gasteiger partial charge is 0.243 e. The Kier molecular flexibility index (Phi) is 4.67. The van der Waals surface area contributed by atoms with Crippen molar-refractivity contribution in [2.24, 2.45) is 0 Å². The van der Waals surface area contributed by atoms with Crippen molar-refractivity contribution in [3.63, 3.8) is 0 Å². The van der Waals surface area contributed by atoms with E-state index in [2.05, 4.69) is 5.32 Å². The first-order valence-corrected chi connectivity index (χ1v) is 8.28. The molecule has 0 aromatic heterocycles. The van der Waals surface area contributed by atoms with Crippen LogP contribution >= 0.6 is 0 Å². The fourth-order valence-electron chi connectivity index (χ4n) is 2.64. The van der Waals surface area contributed by atoms with E-state index in [1.807, 2.05) is 14.0 Å². The maximum absolute atomic E-state index is 12.7. The number of sulfonamides is 1. The fourth-order valence-corrected chi connectivity index (χ4v) is 4.39. The topological polar surface area (TPSA) is 58.6 Å². The lowest BCUT2D eigenvalue weighted by atomic mass is 10.2. The Morgan fingerprint density at radius 3 is 2.75 bits per heavy atom. The molecule has 0 bridgehead atoms. The van der Waals surface area contributed by atoms with Crippen LogP contribution < -0.4 is 10.1 Å². The van der Waals surface area contributed by atoms with E-state index < -0.39 is 10.0 Å². The Labute approximate surface area is 121 Å². The zero-order valence-corrected chi connectivity index (χ0v) is 13.0. The largest absolute Gasteiger partial charge is 0.496 e. The van der Waals surface area contributed by atoms with Crippen LogP contribution in [0.2, 0.25) is 0 Å². The zero-order valence-electron chi connectivity index (χ0n) is 12.2. The van der Waals surface area contributed by atoms with E-state index in [0.717, 1.165) is 18.4 Å². The maximum Gasteiger partial charge on any atom is 0.243 e. The SMILES string of the molecule is CNCc1cc(S(=O)(=O)N2CCCC2C)ccc1OC. The molecular weight excluding hydrogens is 276 g/mol. The van der Waals surface area contributed by atoms with Crippen LogP contribution in [0.4, 0.5) is 0 Å². The third kappa shape index (κ3) is 2.82. The number of benzene rings is 1. The molecule has 1 saturated heterocycles. The zero-order chi connectivity index (χ0) is 14.8. The molecule has 1 aromatic carbocycles. The molecule has 1 N–H and O–H groups in total. The van der Waals surface area contributed by atoms with Gasteiger partial charge in [-0.15, -0.1) is 0 Å². The first-order valence-electron chi connectivity index (χ1n) is 6.84. The Hall–Kier alpha value is -1.11. The molecule has 6 heteroatoms. The van der Waals surface area contributed by atoms with Gasteiger partial charge in [0.1, 0.15) is 5.75 Å². The third-order valence-electron chi connectivity index (χ3n) is 3.72. The van der Waals surface area contributed by atoms with Crippen molar-refractivity contribution in [3.05, 3.63) is 23.8 Å². The van der Waals surface area contributed by atoms with Crippen LogP contribution in [0.5, 0.6) is 5.75 Å². The van der Waals surface area contributed by atoms with Gasteiger partial charge in [0.2, 0.25) is 10.0 Å². The minimum Gasteiger partial charge on any atom is -0.496 e. The van der Waals surface area contributed by atoms with Gasteiger partial charge in [-0.2, -0.15) is 4.31 Å². The van der Waals surface area contributed by atoms with Gasteiger partial charge >= 0.3 is 0 Å². The first-order chi connectivity index (χ1) is 9.50. The van der Waals surface area contributed by atoms with Gasteiger partial charge < -0.3 is 10.1 Å². The molecule has 20 heavy (non-hydrogen) atoms. The van der Waals surface area contributed by atoms with E-state index in [1.54, 1.807) is 29.6 Å². The molecule has 1 aliphatic heterocycles. The Balaban J connectivity index is 2.39. The lowest BCUT2D eigenvalue weighted by Crippen LogP contribution is -2.33. The van der Waals surface area contributed by atoms with E-state index >= 15 is 0 Å². The highest BCUT2D eigenvalue weighted by Crippen LogP contribution is 2.28.